The van der Waals surface area contributed by atoms with Crippen LogP contribution in [0.3, 0.4) is 0 Å². The lowest BCUT2D eigenvalue weighted by Gasteiger charge is -2.19. The van der Waals surface area contributed by atoms with Gasteiger partial charge in [0, 0.05) is 25.7 Å². The molecule has 1 amide bonds. The minimum atomic E-state index is 0.143. The van der Waals surface area contributed by atoms with Gasteiger partial charge in [0.05, 0.1) is 12.2 Å². The van der Waals surface area contributed by atoms with Crippen LogP contribution in [0.5, 0.6) is 0 Å². The Hall–Kier alpha value is -1.42. The molecule has 0 fully saturated rings. The number of carbonyl (C=O) groups excluding carboxylic acids is 1. The van der Waals surface area contributed by atoms with E-state index in [1.807, 2.05) is 39.1 Å². The largest absolute Gasteiger partial charge is 0.340 e. The minimum Gasteiger partial charge on any atom is -0.340 e. The molecule has 4 nitrogen and oxygen atoms in total. The molecule has 0 saturated carbocycles. The van der Waals surface area contributed by atoms with Gasteiger partial charge in [0.2, 0.25) is 5.91 Å². The molecule has 1 unspecified atom stereocenters. The number of pyridine rings is 1. The van der Waals surface area contributed by atoms with E-state index in [1.54, 1.807) is 11.1 Å². The number of hydrogen-bond acceptors (Lipinski definition) is 3. The van der Waals surface area contributed by atoms with Gasteiger partial charge in [-0.3, -0.25) is 9.78 Å². The predicted molar refractivity (Wildman–Crippen MR) is 68.5 cm³/mol. The Bertz CT molecular complexity index is 340. The highest BCUT2D eigenvalue weighted by Gasteiger charge is 2.13. The van der Waals surface area contributed by atoms with E-state index >= 15 is 0 Å². The average Bonchev–Trinajstić information content (AvgIpc) is 2.30. The van der Waals surface area contributed by atoms with Crippen molar-refractivity contribution in [2.75, 3.05) is 13.6 Å². The second-order valence-corrected chi connectivity index (χ2v) is 4.23. The van der Waals surface area contributed by atoms with Crippen LogP contribution >= 0.6 is 0 Å². The van der Waals surface area contributed by atoms with Crippen molar-refractivity contribution >= 4 is 5.91 Å². The first kappa shape index (κ1) is 13.6. The summed E-state index contributed by atoms with van der Waals surface area (Å²) >= 11 is 0. The number of aromatic nitrogens is 1. The van der Waals surface area contributed by atoms with E-state index < -0.39 is 0 Å². The molecule has 0 bridgehead atoms. The maximum absolute atomic E-state index is 11.9. The Morgan fingerprint density at radius 1 is 1.53 bits per heavy atom. The van der Waals surface area contributed by atoms with Crippen LogP contribution in [0.2, 0.25) is 0 Å². The highest BCUT2D eigenvalue weighted by molar-refractivity contribution is 5.76. The zero-order valence-electron chi connectivity index (χ0n) is 10.8. The van der Waals surface area contributed by atoms with Gasteiger partial charge in [0.15, 0.2) is 0 Å². The molecule has 1 atom stereocenters. The van der Waals surface area contributed by atoms with Gasteiger partial charge >= 0.3 is 0 Å². The molecular formula is C13H21N3O. The number of hydrogen-bond donors (Lipinski definition) is 1. The fraction of sp³-hybridized carbons (Fsp3) is 0.538. The molecule has 94 valence electrons. The van der Waals surface area contributed by atoms with E-state index in [4.69, 9.17) is 0 Å². The van der Waals surface area contributed by atoms with Crippen molar-refractivity contribution < 1.29 is 4.79 Å². The summed E-state index contributed by atoms with van der Waals surface area (Å²) in [5.74, 6) is 0.143. The first-order valence-corrected chi connectivity index (χ1v) is 6.00. The number of nitrogens with zero attached hydrogens (tertiary/aromatic N) is 2. The van der Waals surface area contributed by atoms with E-state index in [9.17, 15) is 4.79 Å². The summed E-state index contributed by atoms with van der Waals surface area (Å²) in [6.45, 7) is 5.52. The number of amides is 1. The van der Waals surface area contributed by atoms with Crippen LogP contribution in [0.25, 0.3) is 0 Å². The molecule has 0 aliphatic rings. The second kappa shape index (κ2) is 7.01. The van der Waals surface area contributed by atoms with Crippen molar-refractivity contribution in [2.45, 2.75) is 32.9 Å². The summed E-state index contributed by atoms with van der Waals surface area (Å²) in [6, 6.07) is 5.96. The molecule has 1 rings (SSSR count). The quantitative estimate of drug-likeness (QED) is 0.811. The van der Waals surface area contributed by atoms with Crippen LogP contribution in [-0.4, -0.2) is 35.4 Å². The topological polar surface area (TPSA) is 45.2 Å². The van der Waals surface area contributed by atoms with E-state index in [0.29, 0.717) is 13.0 Å². The van der Waals surface area contributed by atoms with Crippen LogP contribution in [-0.2, 0) is 11.3 Å². The number of nitrogens with one attached hydrogen (secondary N) is 1. The third-order valence-corrected chi connectivity index (χ3v) is 2.58. The minimum absolute atomic E-state index is 0.143. The van der Waals surface area contributed by atoms with Crippen LogP contribution in [0.15, 0.2) is 24.4 Å². The monoisotopic (exact) mass is 235 g/mol. The zero-order valence-corrected chi connectivity index (χ0v) is 10.8. The summed E-state index contributed by atoms with van der Waals surface area (Å²) in [5.41, 5.74) is 0.916. The number of rotatable bonds is 6. The fourth-order valence-corrected chi connectivity index (χ4v) is 1.66. The normalized spacial score (nSPS) is 12.2. The summed E-state index contributed by atoms with van der Waals surface area (Å²) in [7, 11) is 1.82. The van der Waals surface area contributed by atoms with Crippen LogP contribution < -0.4 is 5.32 Å². The van der Waals surface area contributed by atoms with Gasteiger partial charge in [-0.25, -0.2) is 0 Å². The molecule has 1 aromatic rings. The Labute approximate surface area is 103 Å². The van der Waals surface area contributed by atoms with Crippen LogP contribution in [0, 0.1) is 0 Å². The summed E-state index contributed by atoms with van der Waals surface area (Å²) < 4.78 is 0. The molecule has 4 heteroatoms. The fourth-order valence-electron chi connectivity index (χ4n) is 1.66. The van der Waals surface area contributed by atoms with Gasteiger partial charge in [-0.05, 0) is 25.6 Å². The van der Waals surface area contributed by atoms with Gasteiger partial charge in [0.1, 0.15) is 0 Å². The smallest absolute Gasteiger partial charge is 0.224 e. The van der Waals surface area contributed by atoms with Gasteiger partial charge in [-0.1, -0.05) is 13.0 Å². The molecule has 0 aromatic carbocycles. The first-order chi connectivity index (χ1) is 8.13. The molecule has 1 N–H and O–H groups in total. The van der Waals surface area contributed by atoms with Crippen molar-refractivity contribution in [2.24, 2.45) is 0 Å². The lowest BCUT2D eigenvalue weighted by Crippen LogP contribution is -2.34. The Morgan fingerprint density at radius 2 is 2.29 bits per heavy atom. The molecule has 1 heterocycles. The van der Waals surface area contributed by atoms with Gasteiger partial charge in [0.25, 0.3) is 0 Å². The lowest BCUT2D eigenvalue weighted by molar-refractivity contribution is -0.130. The third kappa shape index (κ3) is 4.95. The molecule has 1 aromatic heterocycles. The van der Waals surface area contributed by atoms with E-state index in [0.717, 1.165) is 12.2 Å². The van der Waals surface area contributed by atoms with Crippen molar-refractivity contribution in [3.8, 4) is 0 Å². The van der Waals surface area contributed by atoms with Gasteiger partial charge < -0.3 is 10.2 Å². The van der Waals surface area contributed by atoms with E-state index in [1.165, 1.54) is 0 Å². The Kier molecular flexibility index (Phi) is 5.63. The second-order valence-electron chi connectivity index (χ2n) is 4.23. The van der Waals surface area contributed by atoms with Crippen LogP contribution in [0.4, 0.5) is 0 Å². The molecular weight excluding hydrogens is 214 g/mol. The van der Waals surface area contributed by atoms with E-state index in [2.05, 4.69) is 10.3 Å². The molecule has 0 aliphatic heterocycles. The van der Waals surface area contributed by atoms with Crippen molar-refractivity contribution in [3.05, 3.63) is 30.1 Å². The standard InChI is InChI=1S/C13H21N3O/c1-4-14-11(2)9-13(17)16(3)10-12-7-5-6-8-15-12/h5-8,11,14H,4,9-10H2,1-3H3. The highest BCUT2D eigenvalue weighted by Crippen LogP contribution is 2.02. The maximum atomic E-state index is 11.9. The van der Waals surface area contributed by atoms with Crippen molar-refractivity contribution in [1.82, 2.24) is 15.2 Å². The summed E-state index contributed by atoms with van der Waals surface area (Å²) in [5, 5.41) is 3.23. The molecule has 0 spiro atoms. The Morgan fingerprint density at radius 3 is 2.88 bits per heavy atom. The lowest BCUT2D eigenvalue weighted by atomic mass is 10.2. The SMILES string of the molecule is CCNC(C)CC(=O)N(C)Cc1ccccn1. The zero-order chi connectivity index (χ0) is 12.7. The summed E-state index contributed by atoms with van der Waals surface area (Å²) in [6.07, 6.45) is 2.27. The van der Waals surface area contributed by atoms with Crippen molar-refractivity contribution in [1.29, 1.82) is 0 Å². The third-order valence-electron chi connectivity index (χ3n) is 2.58. The average molecular weight is 235 g/mol. The van der Waals surface area contributed by atoms with Gasteiger partial charge in [-0.2, -0.15) is 0 Å². The maximum Gasteiger partial charge on any atom is 0.224 e. The molecule has 0 saturated heterocycles. The molecule has 17 heavy (non-hydrogen) atoms. The number of carbonyl (C=O) groups is 1. The highest BCUT2D eigenvalue weighted by atomic mass is 16.2. The van der Waals surface area contributed by atoms with Crippen molar-refractivity contribution in [3.63, 3.8) is 0 Å². The molecule has 0 radical (unpaired) electrons. The van der Waals surface area contributed by atoms with Crippen LogP contribution in [0.1, 0.15) is 26.0 Å². The predicted octanol–water partition coefficient (Wildman–Crippen LogP) is 1.43. The first-order valence-electron chi connectivity index (χ1n) is 6.00. The van der Waals surface area contributed by atoms with E-state index in [-0.39, 0.29) is 11.9 Å². The molecule has 0 aliphatic carbocycles. The van der Waals surface area contributed by atoms with Gasteiger partial charge in [-0.15, -0.1) is 0 Å². The summed E-state index contributed by atoms with van der Waals surface area (Å²) in [4.78, 5) is 17.8. The Balaban J connectivity index is 2.42.